The number of carbonyl (C=O) groups is 2. The molecule has 2 rings (SSSR count). The lowest BCUT2D eigenvalue weighted by Gasteiger charge is -2.39. The molecule has 0 unspecified atom stereocenters. The lowest BCUT2D eigenvalue weighted by atomic mass is 9.93. The van der Waals surface area contributed by atoms with Crippen molar-refractivity contribution < 1.29 is 44.3 Å². The van der Waals surface area contributed by atoms with Gasteiger partial charge in [-0.15, -0.1) is 10.2 Å². The summed E-state index contributed by atoms with van der Waals surface area (Å²) < 4.78 is 11.0. The molecule has 0 aromatic carbocycles. The van der Waals surface area contributed by atoms with Gasteiger partial charge in [0.1, 0.15) is 43.1 Å². The molecule has 1 aromatic heterocycles. The zero-order valence-electron chi connectivity index (χ0n) is 17.8. The first kappa shape index (κ1) is 26.0. The van der Waals surface area contributed by atoms with Crippen molar-refractivity contribution in [1.82, 2.24) is 14.9 Å². The molecule has 1 aliphatic rings. The van der Waals surface area contributed by atoms with Crippen LogP contribution in [0.4, 0.5) is 0 Å². The maximum absolute atomic E-state index is 12.8. The maximum Gasteiger partial charge on any atom is 0.317 e. The number of hydrogen-bond donors (Lipinski definition) is 5. The van der Waals surface area contributed by atoms with E-state index in [1.54, 1.807) is 27.0 Å². The number of aliphatic hydroxyl groups is 3. The number of carboxylic acid groups (broad SMARTS) is 1. The largest absolute Gasteiger partial charge is 0.481 e. The number of esters is 1. The van der Waals surface area contributed by atoms with E-state index in [1.807, 2.05) is 0 Å². The second-order valence-corrected chi connectivity index (χ2v) is 8.68. The van der Waals surface area contributed by atoms with Crippen LogP contribution >= 0.6 is 11.8 Å². The van der Waals surface area contributed by atoms with Crippen LogP contribution in [0.2, 0.25) is 0 Å². The molecule has 0 aliphatic carbocycles. The Bertz CT molecular complexity index is 889. The van der Waals surface area contributed by atoms with Crippen molar-refractivity contribution in [3.05, 3.63) is 16.0 Å². The highest BCUT2D eigenvalue weighted by Gasteiger charge is 2.45. The summed E-state index contributed by atoms with van der Waals surface area (Å²) in [4.78, 5) is 40.0. The van der Waals surface area contributed by atoms with E-state index in [-0.39, 0.29) is 10.9 Å². The number of thioether (sulfide) groups is 1. The van der Waals surface area contributed by atoms with Gasteiger partial charge in [0.2, 0.25) is 11.4 Å². The average Bonchev–Trinajstić information content (AvgIpc) is 2.69. The fourth-order valence-corrected chi connectivity index (χ4v) is 3.09. The molecule has 0 radical (unpaired) electrons. The summed E-state index contributed by atoms with van der Waals surface area (Å²) in [6, 6.07) is 0. The first-order valence-electron chi connectivity index (χ1n) is 9.39. The minimum Gasteiger partial charge on any atom is -0.481 e. The van der Waals surface area contributed by atoms with E-state index in [4.69, 9.17) is 19.4 Å². The van der Waals surface area contributed by atoms with Gasteiger partial charge in [-0.2, -0.15) is 10.3 Å². The Hall–Kier alpha value is -2.30. The SMILES string of the molecule is CSc1nnc(C(C)(C)C)c(=O)n1NO[C@@H]1O[C@H](COC(=O)CC(=O)O)[C@@H](O)[C@H](O)[C@H]1O. The number of nitrogens with one attached hydrogen (secondary N) is 1. The molecule has 180 valence electrons. The highest BCUT2D eigenvalue weighted by atomic mass is 32.2. The Balaban J connectivity index is 2.15. The molecule has 2 heterocycles. The van der Waals surface area contributed by atoms with E-state index in [1.165, 1.54) is 0 Å². The fraction of sp³-hybridized carbons (Fsp3) is 0.706. The van der Waals surface area contributed by atoms with Crippen LogP contribution in [0.1, 0.15) is 32.9 Å². The second kappa shape index (κ2) is 10.5. The first-order chi connectivity index (χ1) is 14.9. The summed E-state index contributed by atoms with van der Waals surface area (Å²) in [5.41, 5.74) is 1.25. The molecular weight excluding hydrogens is 452 g/mol. The van der Waals surface area contributed by atoms with E-state index in [0.717, 1.165) is 16.4 Å². The third-order valence-electron chi connectivity index (χ3n) is 4.36. The molecule has 15 heteroatoms. The predicted molar refractivity (Wildman–Crippen MR) is 107 cm³/mol. The van der Waals surface area contributed by atoms with E-state index >= 15 is 0 Å². The number of ether oxygens (including phenoxy) is 2. The van der Waals surface area contributed by atoms with Crippen LogP contribution in [0.25, 0.3) is 0 Å². The number of rotatable bonds is 8. The molecule has 1 aromatic rings. The Morgan fingerprint density at radius 3 is 2.41 bits per heavy atom. The number of nitrogens with zero attached hydrogens (tertiary/aromatic N) is 3. The molecule has 1 aliphatic heterocycles. The van der Waals surface area contributed by atoms with Gasteiger partial charge in [0.05, 0.1) is 0 Å². The highest BCUT2D eigenvalue weighted by Crippen LogP contribution is 2.23. The van der Waals surface area contributed by atoms with Gasteiger partial charge in [-0.05, 0) is 6.26 Å². The van der Waals surface area contributed by atoms with E-state index in [0.29, 0.717) is 0 Å². The third kappa shape index (κ3) is 6.14. The van der Waals surface area contributed by atoms with Crippen LogP contribution in [0.3, 0.4) is 0 Å². The van der Waals surface area contributed by atoms with Gasteiger partial charge in [-0.1, -0.05) is 32.5 Å². The summed E-state index contributed by atoms with van der Waals surface area (Å²) in [7, 11) is 0. The summed E-state index contributed by atoms with van der Waals surface area (Å²) in [6.07, 6.45) is -7.38. The van der Waals surface area contributed by atoms with Gasteiger partial charge in [-0.3, -0.25) is 14.4 Å². The van der Waals surface area contributed by atoms with Crippen LogP contribution in [-0.2, 0) is 29.3 Å². The molecule has 1 fully saturated rings. The minimum atomic E-state index is -1.75. The molecule has 5 N–H and O–H groups in total. The van der Waals surface area contributed by atoms with Crippen LogP contribution in [-0.4, -0.2) is 90.8 Å². The third-order valence-corrected chi connectivity index (χ3v) is 4.99. The Labute approximate surface area is 186 Å². The number of carbonyl (C=O) groups excluding carboxylic acids is 1. The monoisotopic (exact) mass is 478 g/mol. The lowest BCUT2D eigenvalue weighted by molar-refractivity contribution is -0.298. The van der Waals surface area contributed by atoms with Crippen LogP contribution < -0.4 is 11.1 Å². The smallest absolute Gasteiger partial charge is 0.317 e. The van der Waals surface area contributed by atoms with Gasteiger partial charge in [-0.25, -0.2) is 4.84 Å². The lowest BCUT2D eigenvalue weighted by Crippen LogP contribution is -2.60. The molecule has 32 heavy (non-hydrogen) atoms. The molecule has 0 amide bonds. The van der Waals surface area contributed by atoms with Crippen molar-refractivity contribution in [2.24, 2.45) is 0 Å². The quantitative estimate of drug-likeness (QED) is 0.118. The summed E-state index contributed by atoms with van der Waals surface area (Å²) in [5, 5.41) is 46.9. The van der Waals surface area contributed by atoms with Crippen LogP contribution in [0.5, 0.6) is 0 Å². The molecular formula is C17H26N4O10S. The van der Waals surface area contributed by atoms with Crippen LogP contribution in [0, 0.1) is 0 Å². The van der Waals surface area contributed by atoms with E-state index < -0.39 is 66.6 Å². The molecule has 1 saturated heterocycles. The van der Waals surface area contributed by atoms with Gasteiger partial charge in [0.15, 0.2) is 0 Å². The second-order valence-electron chi connectivity index (χ2n) is 7.90. The topological polar surface area (TPSA) is 203 Å². The zero-order valence-corrected chi connectivity index (χ0v) is 18.6. The summed E-state index contributed by atoms with van der Waals surface area (Å²) in [6.45, 7) is 4.69. The highest BCUT2D eigenvalue weighted by molar-refractivity contribution is 7.98. The fourth-order valence-electron chi connectivity index (χ4n) is 2.66. The van der Waals surface area contributed by atoms with E-state index in [9.17, 15) is 29.7 Å². The minimum absolute atomic E-state index is 0.132. The van der Waals surface area contributed by atoms with Crippen molar-refractivity contribution in [3.63, 3.8) is 0 Å². The van der Waals surface area contributed by atoms with Crippen molar-refractivity contribution in [1.29, 1.82) is 0 Å². The molecule has 0 saturated carbocycles. The number of hydrogen-bond acceptors (Lipinski definition) is 13. The maximum atomic E-state index is 12.8. The molecule has 0 bridgehead atoms. The van der Waals surface area contributed by atoms with E-state index in [2.05, 4.69) is 15.8 Å². The number of aromatic nitrogens is 3. The molecule has 5 atom stereocenters. The molecule has 0 spiro atoms. The van der Waals surface area contributed by atoms with Crippen molar-refractivity contribution in [2.75, 3.05) is 18.5 Å². The van der Waals surface area contributed by atoms with Crippen molar-refractivity contribution >= 4 is 23.7 Å². The zero-order chi connectivity index (χ0) is 24.2. The standard InChI is InChI=1S/C17H26N4O10S/c1-17(2,3)13-14(28)21(16(32-4)19-18-13)20-31-15-12(27)11(26)10(25)7(30-15)6-29-9(24)5-8(22)23/h7,10-12,15,20,25-27H,5-6H2,1-4H3,(H,22,23)/t7-,10-,11+,12-,15+/m1/s1. The normalized spacial score (nSPS) is 25.9. The Morgan fingerprint density at radius 1 is 1.19 bits per heavy atom. The van der Waals surface area contributed by atoms with Crippen LogP contribution in [0.15, 0.2) is 9.95 Å². The Kier molecular flexibility index (Phi) is 8.55. The number of aliphatic carboxylic acids is 1. The molecule has 14 nitrogen and oxygen atoms in total. The van der Waals surface area contributed by atoms with Crippen molar-refractivity contribution in [2.45, 2.75) is 68.5 Å². The Morgan fingerprint density at radius 2 is 1.84 bits per heavy atom. The number of aliphatic hydroxyl groups excluding tert-OH is 3. The predicted octanol–water partition coefficient (Wildman–Crippen LogP) is -2.04. The van der Waals surface area contributed by atoms with Gasteiger partial charge >= 0.3 is 11.9 Å². The average molecular weight is 478 g/mol. The van der Waals surface area contributed by atoms with Crippen molar-refractivity contribution in [3.8, 4) is 0 Å². The van der Waals surface area contributed by atoms with Gasteiger partial charge in [0, 0.05) is 5.41 Å². The van der Waals surface area contributed by atoms with Gasteiger partial charge in [0.25, 0.3) is 5.56 Å². The first-order valence-corrected chi connectivity index (χ1v) is 10.6. The summed E-state index contributed by atoms with van der Waals surface area (Å²) in [5.74, 6) is -2.49. The van der Waals surface area contributed by atoms with Gasteiger partial charge < -0.3 is 29.9 Å². The summed E-state index contributed by atoms with van der Waals surface area (Å²) >= 11 is 1.08. The number of carboxylic acids is 1.